The van der Waals surface area contributed by atoms with Crippen molar-refractivity contribution in [1.82, 2.24) is 9.88 Å². The Hall–Kier alpha value is -3.68. The van der Waals surface area contributed by atoms with Crippen LogP contribution in [0.15, 0.2) is 43.1 Å². The van der Waals surface area contributed by atoms with Gasteiger partial charge in [-0.15, -0.1) is 0 Å². The summed E-state index contributed by atoms with van der Waals surface area (Å²) >= 11 is 0. The monoisotopic (exact) mass is 428 g/mol. The van der Waals surface area contributed by atoms with Gasteiger partial charge in [0.2, 0.25) is 5.91 Å². The number of pyridine rings is 1. The number of likely N-dealkylation sites (tertiary alicyclic amines) is 1. The number of amides is 1. The third kappa shape index (κ3) is 4.49. The molecule has 4 rings (SSSR count). The van der Waals surface area contributed by atoms with Gasteiger partial charge in [0.25, 0.3) is 0 Å². The maximum atomic E-state index is 12.6. The van der Waals surface area contributed by atoms with Crippen molar-refractivity contribution in [3.63, 3.8) is 0 Å². The second-order valence-electron chi connectivity index (χ2n) is 7.96. The molecule has 7 nitrogen and oxygen atoms in total. The summed E-state index contributed by atoms with van der Waals surface area (Å²) in [4.78, 5) is 18.6. The van der Waals surface area contributed by atoms with Crippen molar-refractivity contribution in [1.29, 1.82) is 10.5 Å². The maximum Gasteiger partial charge on any atom is 0.246 e. The summed E-state index contributed by atoms with van der Waals surface area (Å²) in [5.74, 6) is 0.418. The number of piperidine rings is 1. The van der Waals surface area contributed by atoms with E-state index in [4.69, 9.17) is 9.47 Å². The first-order valence-corrected chi connectivity index (χ1v) is 10.8. The Morgan fingerprint density at radius 1 is 1.19 bits per heavy atom. The summed E-state index contributed by atoms with van der Waals surface area (Å²) in [7, 11) is 0. The minimum Gasteiger partial charge on any atom is -0.491 e. The van der Waals surface area contributed by atoms with E-state index < -0.39 is 0 Å². The number of carbonyl (C=O) groups excluding carboxylic acids is 1. The van der Waals surface area contributed by atoms with E-state index in [0.717, 1.165) is 30.4 Å². The van der Waals surface area contributed by atoms with Gasteiger partial charge < -0.3 is 14.4 Å². The molecule has 0 unspecified atom stereocenters. The zero-order valence-electron chi connectivity index (χ0n) is 17.8. The molecule has 7 heteroatoms. The molecule has 2 aromatic rings. The number of hydrogen-bond acceptors (Lipinski definition) is 6. The summed E-state index contributed by atoms with van der Waals surface area (Å²) in [6.07, 6.45) is 6.01. The molecule has 0 saturated carbocycles. The molecule has 1 amide bonds. The number of nitrogens with zero attached hydrogens (tertiary/aromatic N) is 4. The van der Waals surface area contributed by atoms with E-state index in [1.54, 1.807) is 23.2 Å². The summed E-state index contributed by atoms with van der Waals surface area (Å²) in [6.45, 7) is 5.34. The van der Waals surface area contributed by atoms with Gasteiger partial charge in [-0.25, -0.2) is 4.98 Å². The van der Waals surface area contributed by atoms with E-state index in [-0.39, 0.29) is 23.7 Å². The van der Waals surface area contributed by atoms with Crippen molar-refractivity contribution in [2.45, 2.75) is 37.8 Å². The van der Waals surface area contributed by atoms with Crippen LogP contribution < -0.4 is 4.74 Å². The quantitative estimate of drug-likeness (QED) is 0.639. The Labute approximate surface area is 187 Å². The van der Waals surface area contributed by atoms with Crippen LogP contribution in [0.5, 0.6) is 5.75 Å². The number of aromatic nitrogens is 1. The highest BCUT2D eigenvalue weighted by Crippen LogP contribution is 2.38. The number of nitriles is 2. The molecule has 2 aliphatic heterocycles. The van der Waals surface area contributed by atoms with Crippen molar-refractivity contribution in [3.05, 3.63) is 59.9 Å². The minimum atomic E-state index is -0.240. The largest absolute Gasteiger partial charge is 0.491 e. The highest BCUT2D eigenvalue weighted by atomic mass is 16.5. The van der Waals surface area contributed by atoms with E-state index >= 15 is 0 Å². The van der Waals surface area contributed by atoms with E-state index in [1.807, 2.05) is 12.1 Å². The average molecular weight is 428 g/mol. The van der Waals surface area contributed by atoms with Crippen LogP contribution in [0.3, 0.4) is 0 Å². The highest BCUT2D eigenvalue weighted by molar-refractivity contribution is 5.87. The van der Waals surface area contributed by atoms with Gasteiger partial charge in [0.1, 0.15) is 17.5 Å². The number of fused-ring (bicyclic) bond motifs is 7. The summed E-state index contributed by atoms with van der Waals surface area (Å²) in [5, 5.41) is 19.1. The molecule has 162 valence electrons. The van der Waals surface area contributed by atoms with Crippen LogP contribution in [-0.2, 0) is 9.53 Å². The van der Waals surface area contributed by atoms with Crippen molar-refractivity contribution in [2.75, 3.05) is 19.8 Å². The molecule has 0 spiro atoms. The van der Waals surface area contributed by atoms with Crippen molar-refractivity contribution in [3.8, 4) is 29.0 Å². The number of carbonyl (C=O) groups is 1. The van der Waals surface area contributed by atoms with Crippen molar-refractivity contribution < 1.29 is 14.3 Å². The van der Waals surface area contributed by atoms with Gasteiger partial charge in [-0.05, 0) is 67.2 Å². The lowest BCUT2D eigenvalue weighted by molar-refractivity contribution is -0.132. The molecule has 0 aliphatic carbocycles. The number of benzene rings is 1. The Morgan fingerprint density at radius 2 is 2.03 bits per heavy atom. The van der Waals surface area contributed by atoms with Crippen molar-refractivity contribution in [2.24, 2.45) is 0 Å². The molecule has 0 radical (unpaired) electrons. The molecule has 2 aliphatic rings. The average Bonchev–Trinajstić information content (AvgIpc) is 2.84. The summed E-state index contributed by atoms with van der Waals surface area (Å²) in [6, 6.07) is 11.3. The standard InChI is InChI=1S/C25H24N4O3/c1-2-25(30)29-6-5-21-13-23(29)19-10-17(14-26)9-18(11-19)22-12-20(15-27)28-16-24(22)32-8-4-3-7-31-21/h2,9-12,16,21,23H,1,3-8,13H2/t21-,23-/m1/s1. The minimum absolute atomic E-state index is 0.0357. The van der Waals surface area contributed by atoms with Gasteiger partial charge in [0, 0.05) is 18.7 Å². The summed E-state index contributed by atoms with van der Waals surface area (Å²) in [5.41, 5.74) is 3.05. The van der Waals surface area contributed by atoms with Crippen LogP contribution >= 0.6 is 0 Å². The molecular weight excluding hydrogens is 404 g/mol. The van der Waals surface area contributed by atoms with Crippen LogP contribution in [0, 0.1) is 22.7 Å². The van der Waals surface area contributed by atoms with Crippen LogP contribution in [-0.4, -0.2) is 41.7 Å². The van der Waals surface area contributed by atoms with E-state index in [2.05, 4.69) is 23.7 Å². The van der Waals surface area contributed by atoms with Gasteiger partial charge in [-0.2, -0.15) is 10.5 Å². The second-order valence-corrected chi connectivity index (χ2v) is 7.96. The fraction of sp³-hybridized carbons (Fsp3) is 0.360. The smallest absolute Gasteiger partial charge is 0.246 e. The van der Waals surface area contributed by atoms with Crippen LogP contribution in [0.2, 0.25) is 0 Å². The lowest BCUT2D eigenvalue weighted by Gasteiger charge is -2.39. The molecule has 4 bridgehead atoms. The normalized spacial score (nSPS) is 20.5. The van der Waals surface area contributed by atoms with Gasteiger partial charge in [-0.1, -0.05) is 6.58 Å². The van der Waals surface area contributed by atoms with Crippen LogP contribution in [0.1, 0.15) is 48.5 Å². The number of ether oxygens (including phenoxy) is 2. The number of hydrogen-bond donors (Lipinski definition) is 0. The third-order valence-corrected chi connectivity index (χ3v) is 5.92. The zero-order valence-corrected chi connectivity index (χ0v) is 17.8. The van der Waals surface area contributed by atoms with E-state index in [0.29, 0.717) is 43.1 Å². The highest BCUT2D eigenvalue weighted by Gasteiger charge is 2.33. The van der Waals surface area contributed by atoms with E-state index in [1.165, 1.54) is 6.08 Å². The molecule has 1 aromatic heterocycles. The maximum absolute atomic E-state index is 12.6. The molecule has 3 heterocycles. The number of rotatable bonds is 1. The topological polar surface area (TPSA) is 99.2 Å². The Kier molecular flexibility index (Phi) is 6.49. The Balaban J connectivity index is 1.87. The predicted molar refractivity (Wildman–Crippen MR) is 117 cm³/mol. The van der Waals surface area contributed by atoms with Crippen LogP contribution in [0.25, 0.3) is 11.1 Å². The zero-order chi connectivity index (χ0) is 22.5. The Morgan fingerprint density at radius 3 is 2.81 bits per heavy atom. The molecule has 1 saturated heterocycles. The lowest BCUT2D eigenvalue weighted by Crippen LogP contribution is -2.42. The molecule has 1 fully saturated rings. The van der Waals surface area contributed by atoms with E-state index in [9.17, 15) is 15.3 Å². The van der Waals surface area contributed by atoms with Crippen molar-refractivity contribution >= 4 is 5.91 Å². The molecule has 1 aromatic carbocycles. The first-order chi connectivity index (χ1) is 15.6. The predicted octanol–water partition coefficient (Wildman–Crippen LogP) is 3.90. The van der Waals surface area contributed by atoms with Gasteiger partial charge in [0.15, 0.2) is 0 Å². The molecular formula is C25H24N4O3. The Bertz CT molecular complexity index is 1120. The van der Waals surface area contributed by atoms with Gasteiger partial charge in [0.05, 0.1) is 36.6 Å². The molecule has 0 N–H and O–H groups in total. The SMILES string of the molecule is C=CC(=O)N1CC[C@@H]2C[C@@H]1c1cc(C#N)cc(c1)-c1cc(C#N)ncc1OCCCCO2. The fourth-order valence-electron chi connectivity index (χ4n) is 4.33. The second kappa shape index (κ2) is 9.64. The lowest BCUT2D eigenvalue weighted by atomic mass is 9.89. The summed E-state index contributed by atoms with van der Waals surface area (Å²) < 4.78 is 12.1. The first kappa shape index (κ1) is 21.5. The molecule has 32 heavy (non-hydrogen) atoms. The third-order valence-electron chi connectivity index (χ3n) is 5.92. The van der Waals surface area contributed by atoms with Gasteiger partial charge >= 0.3 is 0 Å². The van der Waals surface area contributed by atoms with Crippen LogP contribution in [0.4, 0.5) is 0 Å². The van der Waals surface area contributed by atoms with Gasteiger partial charge in [-0.3, -0.25) is 4.79 Å². The first-order valence-electron chi connectivity index (χ1n) is 10.8. The fourth-order valence-corrected chi connectivity index (χ4v) is 4.33. The molecule has 2 atom stereocenters.